The number of hydrogen-bond acceptors (Lipinski definition) is 3. The summed E-state index contributed by atoms with van der Waals surface area (Å²) in [5.41, 5.74) is -1.59. The molecule has 0 atom stereocenters. The van der Waals surface area contributed by atoms with E-state index in [1.807, 2.05) is 0 Å². The average molecular weight is 432 g/mol. The molecule has 1 heterocycles. The van der Waals surface area contributed by atoms with Gasteiger partial charge in [0.05, 0.1) is 19.2 Å². The van der Waals surface area contributed by atoms with Gasteiger partial charge in [0.1, 0.15) is 23.3 Å². The van der Waals surface area contributed by atoms with Gasteiger partial charge in [-0.25, -0.2) is 22.4 Å². The Morgan fingerprint density at radius 2 is 1.10 bits per heavy atom. The summed E-state index contributed by atoms with van der Waals surface area (Å²) in [6.07, 6.45) is 0. The van der Waals surface area contributed by atoms with Gasteiger partial charge in [-0.1, -0.05) is 13.2 Å². The van der Waals surface area contributed by atoms with Gasteiger partial charge >= 0.3 is 5.69 Å². The number of nitrogens with zero attached hydrogens (tertiary/aromatic N) is 2. The van der Waals surface area contributed by atoms with Gasteiger partial charge in [0, 0.05) is 12.1 Å². The van der Waals surface area contributed by atoms with Crippen LogP contribution in [0.5, 0.6) is 5.88 Å². The first kappa shape index (κ1) is 21.8. The van der Waals surface area contributed by atoms with Crippen molar-refractivity contribution in [2.45, 2.75) is 13.1 Å². The number of rotatable bonds is 6. The van der Waals surface area contributed by atoms with Crippen molar-refractivity contribution in [2.24, 2.45) is 0 Å². The predicted octanol–water partition coefficient (Wildman–Crippen LogP) is 3.70. The molecule has 0 aliphatic heterocycles. The van der Waals surface area contributed by atoms with Gasteiger partial charge in [0.2, 0.25) is 5.88 Å². The van der Waals surface area contributed by atoms with Crippen molar-refractivity contribution in [2.75, 3.05) is 0 Å². The van der Waals surface area contributed by atoms with Crippen molar-refractivity contribution in [3.8, 4) is 5.88 Å². The van der Waals surface area contributed by atoms with E-state index in [0.717, 1.165) is 34.9 Å². The lowest BCUT2D eigenvalue weighted by Gasteiger charge is -2.15. The van der Waals surface area contributed by atoms with Crippen LogP contribution >= 0.6 is 0 Å². The van der Waals surface area contributed by atoms with Gasteiger partial charge in [0.15, 0.2) is 0 Å². The summed E-state index contributed by atoms with van der Waals surface area (Å²) in [4.78, 5) is 25.0. The summed E-state index contributed by atoms with van der Waals surface area (Å²) in [5, 5.41) is 10.1. The fourth-order valence-corrected chi connectivity index (χ4v) is 2.98. The van der Waals surface area contributed by atoms with E-state index in [1.54, 1.807) is 0 Å². The monoisotopic (exact) mass is 432 g/mol. The highest BCUT2D eigenvalue weighted by Crippen LogP contribution is 2.20. The van der Waals surface area contributed by atoms with Crippen molar-refractivity contribution in [1.82, 2.24) is 9.13 Å². The van der Waals surface area contributed by atoms with E-state index in [-0.39, 0.29) is 28.8 Å². The van der Waals surface area contributed by atoms with Crippen LogP contribution in [0.25, 0.3) is 11.1 Å². The summed E-state index contributed by atoms with van der Waals surface area (Å²) in [5.74, 6) is -4.10. The molecule has 0 amide bonds. The maximum absolute atomic E-state index is 13.5. The van der Waals surface area contributed by atoms with E-state index < -0.39 is 46.9 Å². The van der Waals surface area contributed by atoms with Gasteiger partial charge in [-0.2, -0.15) is 0 Å². The molecule has 3 rings (SSSR count). The molecule has 0 spiro atoms. The maximum Gasteiger partial charge on any atom is 0.334 e. The van der Waals surface area contributed by atoms with Crippen LogP contribution in [0.2, 0.25) is 0 Å². The summed E-state index contributed by atoms with van der Waals surface area (Å²) >= 11 is 0. The van der Waals surface area contributed by atoms with Crippen LogP contribution in [-0.4, -0.2) is 14.2 Å². The Bertz CT molecular complexity index is 1280. The molecule has 0 saturated carbocycles. The SMILES string of the molecule is C=C(Cn1c(O)cc(=O)n(CC(=C)c2cc(F)cc(F)c2)c1=O)c1cc(F)cc(F)c1. The highest BCUT2D eigenvalue weighted by Gasteiger charge is 2.15. The van der Waals surface area contributed by atoms with Crippen LogP contribution in [0, 0.1) is 23.3 Å². The Kier molecular flexibility index (Phi) is 5.96. The van der Waals surface area contributed by atoms with E-state index in [0.29, 0.717) is 16.7 Å². The standard InChI is InChI=1S/C22H16F4N2O3/c1-12(14-3-16(23)7-17(24)4-14)10-27-20(29)9-21(30)28(22(27)31)11-13(2)15-5-18(25)8-19(26)6-15/h3-9,29H,1-2,10-11H2. The van der Waals surface area contributed by atoms with E-state index in [1.165, 1.54) is 0 Å². The Hall–Kier alpha value is -3.88. The van der Waals surface area contributed by atoms with E-state index >= 15 is 0 Å². The Morgan fingerprint density at radius 3 is 1.52 bits per heavy atom. The summed E-state index contributed by atoms with van der Waals surface area (Å²) in [6, 6.07) is 6.10. The second kappa shape index (κ2) is 8.47. The third-order valence-electron chi connectivity index (χ3n) is 4.50. The quantitative estimate of drug-likeness (QED) is 0.605. The van der Waals surface area contributed by atoms with Crippen molar-refractivity contribution in [1.29, 1.82) is 0 Å². The number of allylic oxidation sites excluding steroid dienone is 2. The van der Waals surface area contributed by atoms with Crippen LogP contribution in [0.15, 0.2) is 65.2 Å². The molecule has 0 aliphatic carbocycles. The molecule has 0 bridgehead atoms. The molecule has 0 fully saturated rings. The highest BCUT2D eigenvalue weighted by atomic mass is 19.1. The number of aromatic hydroxyl groups is 1. The molecule has 0 saturated heterocycles. The third-order valence-corrected chi connectivity index (χ3v) is 4.50. The van der Waals surface area contributed by atoms with E-state index in [2.05, 4.69) is 13.2 Å². The number of hydrogen-bond donors (Lipinski definition) is 1. The Labute approximate surface area is 173 Å². The number of benzene rings is 2. The van der Waals surface area contributed by atoms with Crippen LogP contribution in [0.4, 0.5) is 17.6 Å². The van der Waals surface area contributed by atoms with Crippen molar-refractivity contribution >= 4 is 11.1 Å². The second-order valence-electron chi connectivity index (χ2n) is 6.82. The first-order valence-electron chi connectivity index (χ1n) is 8.87. The number of halogens is 4. The molecule has 5 nitrogen and oxygen atoms in total. The minimum absolute atomic E-state index is 0.0445. The van der Waals surface area contributed by atoms with Gasteiger partial charge < -0.3 is 5.11 Å². The topological polar surface area (TPSA) is 64.2 Å². The molecular formula is C22H16F4N2O3. The van der Waals surface area contributed by atoms with Crippen LogP contribution in [-0.2, 0) is 13.1 Å². The summed E-state index contributed by atoms with van der Waals surface area (Å²) < 4.78 is 55.3. The predicted molar refractivity (Wildman–Crippen MR) is 107 cm³/mol. The van der Waals surface area contributed by atoms with Crippen LogP contribution in [0.3, 0.4) is 0 Å². The minimum Gasteiger partial charge on any atom is -0.494 e. The van der Waals surface area contributed by atoms with Crippen LogP contribution in [0.1, 0.15) is 11.1 Å². The lowest BCUT2D eigenvalue weighted by atomic mass is 10.1. The van der Waals surface area contributed by atoms with E-state index in [9.17, 15) is 32.3 Å². The van der Waals surface area contributed by atoms with Gasteiger partial charge in [0.25, 0.3) is 5.56 Å². The molecule has 0 unspecified atom stereocenters. The molecule has 3 aromatic rings. The fraction of sp³-hybridized carbons (Fsp3) is 0.0909. The first-order valence-corrected chi connectivity index (χ1v) is 8.87. The number of aromatic nitrogens is 2. The molecule has 31 heavy (non-hydrogen) atoms. The third kappa shape index (κ3) is 4.82. The Balaban J connectivity index is 1.96. The smallest absolute Gasteiger partial charge is 0.334 e. The highest BCUT2D eigenvalue weighted by molar-refractivity contribution is 5.64. The van der Waals surface area contributed by atoms with Crippen molar-refractivity contribution in [3.63, 3.8) is 0 Å². The molecule has 2 aromatic carbocycles. The first-order chi connectivity index (χ1) is 14.5. The zero-order valence-electron chi connectivity index (χ0n) is 16.0. The van der Waals surface area contributed by atoms with Crippen molar-refractivity contribution < 1.29 is 22.7 Å². The zero-order chi connectivity index (χ0) is 22.9. The Morgan fingerprint density at radius 1 is 0.710 bits per heavy atom. The van der Waals surface area contributed by atoms with Crippen LogP contribution < -0.4 is 11.2 Å². The molecule has 1 N–H and O–H groups in total. The lowest BCUT2D eigenvalue weighted by molar-refractivity contribution is 0.404. The molecule has 0 aliphatic rings. The summed E-state index contributed by atoms with van der Waals surface area (Å²) in [6.45, 7) is 6.54. The largest absolute Gasteiger partial charge is 0.494 e. The zero-order valence-corrected chi connectivity index (χ0v) is 16.0. The summed E-state index contributed by atoms with van der Waals surface area (Å²) in [7, 11) is 0. The van der Waals surface area contributed by atoms with E-state index in [4.69, 9.17) is 0 Å². The van der Waals surface area contributed by atoms with Gasteiger partial charge in [-0.3, -0.25) is 13.9 Å². The lowest BCUT2D eigenvalue weighted by Crippen LogP contribution is -2.39. The normalized spacial score (nSPS) is 10.8. The average Bonchev–Trinajstić information content (AvgIpc) is 2.66. The molecule has 1 aromatic heterocycles. The molecule has 0 radical (unpaired) electrons. The maximum atomic E-state index is 13.5. The van der Waals surface area contributed by atoms with Gasteiger partial charge in [-0.15, -0.1) is 0 Å². The molecule has 160 valence electrons. The van der Waals surface area contributed by atoms with Crippen molar-refractivity contribution in [3.05, 3.63) is 111 Å². The second-order valence-corrected chi connectivity index (χ2v) is 6.82. The van der Waals surface area contributed by atoms with Gasteiger partial charge in [-0.05, 0) is 46.5 Å². The minimum atomic E-state index is -0.971. The molecular weight excluding hydrogens is 416 g/mol. The fourth-order valence-electron chi connectivity index (χ4n) is 2.98. The molecule has 9 heteroatoms.